The summed E-state index contributed by atoms with van der Waals surface area (Å²) in [6, 6.07) is 14.8. The Kier molecular flexibility index (Phi) is 5.12. The number of H-pyrrole nitrogens is 1. The quantitative estimate of drug-likeness (QED) is 0.694. The third-order valence-corrected chi connectivity index (χ3v) is 3.89. The highest BCUT2D eigenvalue weighted by atomic mass is 19.1. The highest BCUT2D eigenvalue weighted by molar-refractivity contribution is 6.07. The standard InChI is InChI=1S/C20H15FN2O4/c1-27-20(26)14-4-2-3-5-17(14)23-19(25)15-10-11-16(22-18(15)24)12-6-8-13(21)9-7-12/h2-11H,1H3,(H,22,24)(H,23,25). The number of carbonyl (C=O) groups is 2. The largest absolute Gasteiger partial charge is 0.465 e. The lowest BCUT2D eigenvalue weighted by atomic mass is 10.1. The highest BCUT2D eigenvalue weighted by Crippen LogP contribution is 2.18. The number of halogens is 1. The molecule has 0 aliphatic rings. The van der Waals surface area contributed by atoms with Crippen molar-refractivity contribution in [1.29, 1.82) is 0 Å². The Morgan fingerprint density at radius 2 is 1.67 bits per heavy atom. The molecule has 0 spiro atoms. The molecule has 0 aliphatic carbocycles. The smallest absolute Gasteiger partial charge is 0.339 e. The van der Waals surface area contributed by atoms with Gasteiger partial charge in [0.1, 0.15) is 11.4 Å². The number of anilines is 1. The van der Waals surface area contributed by atoms with Crippen LogP contribution in [0.15, 0.2) is 65.5 Å². The Morgan fingerprint density at radius 3 is 2.33 bits per heavy atom. The number of aromatic amines is 1. The van der Waals surface area contributed by atoms with Crippen LogP contribution in [-0.2, 0) is 4.74 Å². The minimum Gasteiger partial charge on any atom is -0.465 e. The summed E-state index contributed by atoms with van der Waals surface area (Å²) in [4.78, 5) is 39.1. The van der Waals surface area contributed by atoms with Crippen molar-refractivity contribution < 1.29 is 18.7 Å². The van der Waals surface area contributed by atoms with E-state index in [2.05, 4.69) is 15.0 Å². The zero-order valence-electron chi connectivity index (χ0n) is 14.3. The number of rotatable bonds is 4. The molecule has 0 saturated carbocycles. The maximum atomic E-state index is 13.0. The van der Waals surface area contributed by atoms with E-state index in [1.54, 1.807) is 18.2 Å². The molecule has 0 unspecified atom stereocenters. The summed E-state index contributed by atoms with van der Waals surface area (Å²) < 4.78 is 17.7. The second-order valence-electron chi connectivity index (χ2n) is 5.61. The third kappa shape index (κ3) is 3.92. The van der Waals surface area contributed by atoms with Crippen LogP contribution in [0.4, 0.5) is 10.1 Å². The molecule has 0 bridgehead atoms. The van der Waals surface area contributed by atoms with Crippen LogP contribution in [-0.4, -0.2) is 24.0 Å². The molecule has 3 aromatic rings. The SMILES string of the molecule is COC(=O)c1ccccc1NC(=O)c1ccc(-c2ccc(F)cc2)[nH]c1=O. The minimum atomic E-state index is -0.668. The molecule has 1 heterocycles. The first-order valence-corrected chi connectivity index (χ1v) is 7.97. The van der Waals surface area contributed by atoms with Crippen molar-refractivity contribution in [1.82, 2.24) is 4.98 Å². The first kappa shape index (κ1) is 18.1. The predicted molar refractivity (Wildman–Crippen MR) is 98.2 cm³/mol. The summed E-state index contributed by atoms with van der Waals surface area (Å²) in [7, 11) is 1.24. The topological polar surface area (TPSA) is 88.3 Å². The van der Waals surface area contributed by atoms with Crippen LogP contribution in [0.1, 0.15) is 20.7 Å². The number of pyridine rings is 1. The Bertz CT molecular complexity index is 1060. The first-order valence-electron chi connectivity index (χ1n) is 7.97. The number of benzene rings is 2. The zero-order chi connectivity index (χ0) is 19.4. The van der Waals surface area contributed by atoms with Crippen LogP contribution in [0, 0.1) is 5.82 Å². The summed E-state index contributed by atoms with van der Waals surface area (Å²) in [5.74, 6) is -1.66. The second kappa shape index (κ2) is 7.65. The van der Waals surface area contributed by atoms with Crippen molar-refractivity contribution in [3.05, 3.63) is 88.0 Å². The van der Waals surface area contributed by atoms with Gasteiger partial charge in [0.2, 0.25) is 0 Å². The van der Waals surface area contributed by atoms with E-state index in [1.165, 1.54) is 49.6 Å². The van der Waals surface area contributed by atoms with Gasteiger partial charge in [0.15, 0.2) is 0 Å². The second-order valence-corrected chi connectivity index (χ2v) is 5.61. The monoisotopic (exact) mass is 366 g/mol. The number of hydrogen-bond donors (Lipinski definition) is 2. The zero-order valence-corrected chi connectivity index (χ0v) is 14.3. The van der Waals surface area contributed by atoms with Crippen LogP contribution in [0.3, 0.4) is 0 Å². The Labute approximate surface area is 153 Å². The fourth-order valence-electron chi connectivity index (χ4n) is 2.52. The molecule has 27 heavy (non-hydrogen) atoms. The van der Waals surface area contributed by atoms with Gasteiger partial charge in [-0.2, -0.15) is 0 Å². The molecule has 2 aromatic carbocycles. The molecular formula is C20H15FN2O4. The number of aromatic nitrogens is 1. The van der Waals surface area contributed by atoms with Gasteiger partial charge in [0.25, 0.3) is 11.5 Å². The summed E-state index contributed by atoms with van der Waals surface area (Å²) in [5.41, 5.74) is 0.734. The number of methoxy groups -OCH3 is 1. The van der Waals surface area contributed by atoms with Crippen molar-refractivity contribution in [3.63, 3.8) is 0 Å². The molecule has 2 N–H and O–H groups in total. The molecule has 6 nitrogen and oxygen atoms in total. The van der Waals surface area contributed by atoms with E-state index in [9.17, 15) is 18.8 Å². The van der Waals surface area contributed by atoms with Gasteiger partial charge < -0.3 is 15.0 Å². The van der Waals surface area contributed by atoms with Crippen molar-refractivity contribution in [2.45, 2.75) is 0 Å². The molecule has 1 amide bonds. The highest BCUT2D eigenvalue weighted by Gasteiger charge is 2.16. The molecule has 7 heteroatoms. The van der Waals surface area contributed by atoms with Crippen LogP contribution in [0.25, 0.3) is 11.3 Å². The molecule has 136 valence electrons. The van der Waals surface area contributed by atoms with Gasteiger partial charge in [-0.15, -0.1) is 0 Å². The van der Waals surface area contributed by atoms with Gasteiger partial charge in [-0.1, -0.05) is 12.1 Å². The lowest BCUT2D eigenvalue weighted by molar-refractivity contribution is 0.0602. The van der Waals surface area contributed by atoms with E-state index in [-0.39, 0.29) is 22.6 Å². The van der Waals surface area contributed by atoms with E-state index < -0.39 is 17.4 Å². The van der Waals surface area contributed by atoms with Crippen LogP contribution in [0.2, 0.25) is 0 Å². The number of ether oxygens (including phenoxy) is 1. The molecular weight excluding hydrogens is 351 g/mol. The number of nitrogens with one attached hydrogen (secondary N) is 2. The molecule has 1 aromatic heterocycles. The summed E-state index contributed by atoms with van der Waals surface area (Å²) in [6.07, 6.45) is 0. The molecule has 0 atom stereocenters. The average Bonchev–Trinajstić information content (AvgIpc) is 2.68. The lowest BCUT2D eigenvalue weighted by Crippen LogP contribution is -2.24. The number of hydrogen-bond acceptors (Lipinski definition) is 4. The fourth-order valence-corrected chi connectivity index (χ4v) is 2.52. The van der Waals surface area contributed by atoms with Gasteiger partial charge >= 0.3 is 5.97 Å². The Morgan fingerprint density at radius 1 is 0.963 bits per heavy atom. The van der Waals surface area contributed by atoms with Crippen molar-refractivity contribution in [2.24, 2.45) is 0 Å². The van der Waals surface area contributed by atoms with Gasteiger partial charge in [-0.3, -0.25) is 9.59 Å². The van der Waals surface area contributed by atoms with Crippen LogP contribution in [0.5, 0.6) is 0 Å². The molecule has 0 saturated heterocycles. The summed E-state index contributed by atoms with van der Waals surface area (Å²) >= 11 is 0. The van der Waals surface area contributed by atoms with Crippen LogP contribution >= 0.6 is 0 Å². The van der Waals surface area contributed by atoms with Crippen molar-refractivity contribution in [3.8, 4) is 11.3 Å². The van der Waals surface area contributed by atoms with Gasteiger partial charge in [0.05, 0.1) is 18.4 Å². The minimum absolute atomic E-state index is 0.125. The summed E-state index contributed by atoms with van der Waals surface area (Å²) in [6.45, 7) is 0. The molecule has 3 rings (SSSR count). The van der Waals surface area contributed by atoms with E-state index in [0.717, 1.165) is 0 Å². The van der Waals surface area contributed by atoms with E-state index >= 15 is 0 Å². The van der Waals surface area contributed by atoms with E-state index in [1.807, 2.05) is 0 Å². The van der Waals surface area contributed by atoms with Gasteiger partial charge in [-0.25, -0.2) is 9.18 Å². The molecule has 0 aliphatic heterocycles. The predicted octanol–water partition coefficient (Wildman–Crippen LogP) is 3.22. The Balaban J connectivity index is 1.87. The van der Waals surface area contributed by atoms with Gasteiger partial charge in [0, 0.05) is 5.69 Å². The third-order valence-electron chi connectivity index (χ3n) is 3.89. The normalized spacial score (nSPS) is 10.3. The van der Waals surface area contributed by atoms with Gasteiger partial charge in [-0.05, 0) is 54.1 Å². The maximum absolute atomic E-state index is 13.0. The van der Waals surface area contributed by atoms with Crippen LogP contribution < -0.4 is 10.9 Å². The lowest BCUT2D eigenvalue weighted by Gasteiger charge is -2.09. The maximum Gasteiger partial charge on any atom is 0.339 e. The first-order chi connectivity index (χ1) is 13.0. The van der Waals surface area contributed by atoms with E-state index in [4.69, 9.17) is 0 Å². The fraction of sp³-hybridized carbons (Fsp3) is 0.0500. The van der Waals surface area contributed by atoms with Crippen molar-refractivity contribution in [2.75, 3.05) is 12.4 Å². The van der Waals surface area contributed by atoms with Crippen molar-refractivity contribution >= 4 is 17.6 Å². The Hall–Kier alpha value is -3.74. The summed E-state index contributed by atoms with van der Waals surface area (Å²) in [5, 5.41) is 2.54. The number of carbonyl (C=O) groups excluding carboxylic acids is 2. The number of para-hydroxylation sites is 1. The number of amides is 1. The molecule has 0 radical (unpaired) electrons. The van der Waals surface area contributed by atoms with E-state index in [0.29, 0.717) is 11.3 Å². The molecule has 0 fully saturated rings. The number of esters is 1. The average molecular weight is 366 g/mol.